The second-order valence-electron chi connectivity index (χ2n) is 6.64. The van der Waals surface area contributed by atoms with Crippen LogP contribution >= 0.6 is 11.8 Å². The number of ketones is 1. The van der Waals surface area contributed by atoms with Crippen molar-refractivity contribution < 1.29 is 9.59 Å². The van der Waals surface area contributed by atoms with E-state index in [4.69, 9.17) is 0 Å². The molecule has 0 saturated heterocycles. The molecule has 1 heterocycles. The van der Waals surface area contributed by atoms with Crippen molar-refractivity contribution in [2.75, 3.05) is 11.1 Å². The number of carbonyl (C=O) groups excluding carboxylic acids is 2. The van der Waals surface area contributed by atoms with Gasteiger partial charge in [0.25, 0.3) is 5.91 Å². The normalized spacial score (nSPS) is 16.1. The number of nitriles is 1. The smallest absolute Gasteiger partial charge is 0.253 e. The standard InChI is InChI=1S/C23H21N3O2S/c1-15-19(13-24)23(29-14-20(27)17-9-5-3-6-10-17)25-16(2)21(15)22(28)26-18-11-7-4-8-12-18/h3-12,15,25H,14H2,1-2H3,(H,26,28)/t15-/m1/s1. The summed E-state index contributed by atoms with van der Waals surface area (Å²) in [6.07, 6.45) is 0. The highest BCUT2D eigenvalue weighted by Gasteiger charge is 2.30. The van der Waals surface area contributed by atoms with Crippen molar-refractivity contribution in [3.05, 3.63) is 88.1 Å². The number of benzene rings is 2. The van der Waals surface area contributed by atoms with Crippen LogP contribution in [0.4, 0.5) is 5.69 Å². The first kappa shape index (κ1) is 20.4. The first-order chi connectivity index (χ1) is 14.0. The lowest BCUT2D eigenvalue weighted by atomic mass is 9.89. The third-order valence-electron chi connectivity index (χ3n) is 4.66. The Labute approximate surface area is 174 Å². The van der Waals surface area contributed by atoms with E-state index in [9.17, 15) is 14.9 Å². The van der Waals surface area contributed by atoms with E-state index in [-0.39, 0.29) is 23.4 Å². The van der Waals surface area contributed by atoms with Crippen molar-refractivity contribution in [2.45, 2.75) is 13.8 Å². The van der Waals surface area contributed by atoms with Gasteiger partial charge < -0.3 is 10.6 Å². The maximum atomic E-state index is 12.8. The van der Waals surface area contributed by atoms with E-state index < -0.39 is 0 Å². The molecule has 2 N–H and O–H groups in total. The van der Waals surface area contributed by atoms with Crippen LogP contribution in [0.3, 0.4) is 0 Å². The molecule has 0 radical (unpaired) electrons. The van der Waals surface area contributed by atoms with E-state index in [0.29, 0.717) is 33.1 Å². The number of anilines is 1. The Morgan fingerprint density at radius 3 is 2.34 bits per heavy atom. The molecule has 1 atom stereocenters. The molecule has 2 aromatic carbocycles. The van der Waals surface area contributed by atoms with Gasteiger partial charge in [0.1, 0.15) is 0 Å². The number of allylic oxidation sites excluding steroid dienone is 2. The Bertz CT molecular complexity index is 1020. The number of thioether (sulfide) groups is 1. The van der Waals surface area contributed by atoms with Crippen LogP contribution in [0, 0.1) is 17.2 Å². The summed E-state index contributed by atoms with van der Waals surface area (Å²) < 4.78 is 0. The number of hydrogen-bond donors (Lipinski definition) is 2. The van der Waals surface area contributed by atoms with Crippen molar-refractivity contribution in [3.8, 4) is 6.07 Å². The molecule has 146 valence electrons. The Morgan fingerprint density at radius 1 is 1.10 bits per heavy atom. The minimum absolute atomic E-state index is 0.0101. The molecular formula is C23H21N3O2S. The van der Waals surface area contributed by atoms with Gasteiger partial charge in [0, 0.05) is 28.4 Å². The number of nitrogens with zero attached hydrogens (tertiary/aromatic N) is 1. The minimum Gasteiger partial charge on any atom is -0.353 e. The molecule has 1 aliphatic rings. The van der Waals surface area contributed by atoms with Crippen LogP contribution in [0.2, 0.25) is 0 Å². The zero-order valence-electron chi connectivity index (χ0n) is 16.2. The van der Waals surface area contributed by atoms with Crippen LogP contribution in [0.25, 0.3) is 0 Å². The van der Waals surface area contributed by atoms with E-state index in [0.717, 1.165) is 0 Å². The largest absolute Gasteiger partial charge is 0.353 e. The highest BCUT2D eigenvalue weighted by Crippen LogP contribution is 2.34. The molecule has 0 unspecified atom stereocenters. The van der Waals surface area contributed by atoms with Crippen LogP contribution in [-0.2, 0) is 4.79 Å². The summed E-state index contributed by atoms with van der Waals surface area (Å²) in [5, 5.41) is 16.3. The molecule has 2 aromatic rings. The summed E-state index contributed by atoms with van der Waals surface area (Å²) >= 11 is 1.29. The lowest BCUT2D eigenvalue weighted by Crippen LogP contribution is -2.30. The fourth-order valence-electron chi connectivity index (χ4n) is 3.16. The molecule has 29 heavy (non-hydrogen) atoms. The number of rotatable bonds is 6. The van der Waals surface area contributed by atoms with Gasteiger partial charge in [-0.1, -0.05) is 67.2 Å². The van der Waals surface area contributed by atoms with E-state index >= 15 is 0 Å². The average Bonchev–Trinajstić information content (AvgIpc) is 2.73. The van der Waals surface area contributed by atoms with Crippen LogP contribution in [0.1, 0.15) is 24.2 Å². The molecule has 1 amide bonds. The average molecular weight is 404 g/mol. The van der Waals surface area contributed by atoms with Crippen LogP contribution < -0.4 is 10.6 Å². The molecule has 0 bridgehead atoms. The number of nitrogens with one attached hydrogen (secondary N) is 2. The lowest BCUT2D eigenvalue weighted by Gasteiger charge is -2.27. The maximum absolute atomic E-state index is 12.8. The van der Waals surface area contributed by atoms with Gasteiger partial charge in [0.15, 0.2) is 5.78 Å². The number of dihydropyridines is 1. The lowest BCUT2D eigenvalue weighted by molar-refractivity contribution is -0.113. The van der Waals surface area contributed by atoms with Crippen molar-refractivity contribution in [1.82, 2.24) is 5.32 Å². The Hall–Kier alpha value is -3.30. The summed E-state index contributed by atoms with van der Waals surface area (Å²) in [5.74, 6) is -0.419. The van der Waals surface area contributed by atoms with Crippen LogP contribution in [0.5, 0.6) is 0 Å². The highest BCUT2D eigenvalue weighted by molar-refractivity contribution is 8.03. The Morgan fingerprint density at radius 2 is 1.72 bits per heavy atom. The van der Waals surface area contributed by atoms with Gasteiger partial charge in [-0.05, 0) is 19.1 Å². The topological polar surface area (TPSA) is 82.0 Å². The number of hydrogen-bond acceptors (Lipinski definition) is 5. The summed E-state index contributed by atoms with van der Waals surface area (Å²) in [6, 6.07) is 20.5. The summed E-state index contributed by atoms with van der Waals surface area (Å²) in [5.41, 5.74) is 2.99. The quantitative estimate of drug-likeness (QED) is 0.695. The monoisotopic (exact) mass is 403 g/mol. The molecule has 3 rings (SSSR count). The summed E-state index contributed by atoms with van der Waals surface area (Å²) in [6.45, 7) is 3.65. The van der Waals surface area contributed by atoms with Crippen LogP contribution in [0.15, 0.2) is 82.5 Å². The third-order valence-corrected chi connectivity index (χ3v) is 5.67. The molecule has 1 aliphatic heterocycles. The molecule has 0 saturated carbocycles. The van der Waals surface area contributed by atoms with Gasteiger partial charge >= 0.3 is 0 Å². The van der Waals surface area contributed by atoms with Gasteiger partial charge in [-0.2, -0.15) is 5.26 Å². The second-order valence-corrected chi connectivity index (χ2v) is 7.62. The zero-order chi connectivity index (χ0) is 20.8. The zero-order valence-corrected chi connectivity index (χ0v) is 17.0. The molecule has 0 aliphatic carbocycles. The van der Waals surface area contributed by atoms with Crippen molar-refractivity contribution in [1.29, 1.82) is 5.26 Å². The molecule has 0 aromatic heterocycles. The molecular weight excluding hydrogens is 382 g/mol. The van der Waals surface area contributed by atoms with E-state index in [1.807, 2.05) is 62.4 Å². The number of para-hydroxylation sites is 1. The molecule has 0 fully saturated rings. The SMILES string of the molecule is CC1=C(C(=O)Nc2ccccc2)[C@H](C)C(C#N)=C(SCC(=O)c2ccccc2)N1. The predicted octanol–water partition coefficient (Wildman–Crippen LogP) is 4.49. The van der Waals surface area contributed by atoms with Gasteiger partial charge in [0.05, 0.1) is 22.4 Å². The fraction of sp³-hybridized carbons (Fsp3) is 0.174. The first-order valence-corrected chi connectivity index (χ1v) is 10.2. The van der Waals surface area contributed by atoms with Gasteiger partial charge in [-0.15, -0.1) is 0 Å². The van der Waals surface area contributed by atoms with Crippen molar-refractivity contribution in [3.63, 3.8) is 0 Å². The summed E-state index contributed by atoms with van der Waals surface area (Å²) in [7, 11) is 0. The van der Waals surface area contributed by atoms with Crippen molar-refractivity contribution in [2.24, 2.45) is 5.92 Å². The Kier molecular flexibility index (Phi) is 6.53. The van der Waals surface area contributed by atoms with E-state index in [1.165, 1.54) is 11.8 Å². The number of carbonyl (C=O) groups is 2. The third kappa shape index (κ3) is 4.76. The fourth-order valence-corrected chi connectivity index (χ4v) is 4.21. The van der Waals surface area contributed by atoms with Gasteiger partial charge in [-0.3, -0.25) is 9.59 Å². The van der Waals surface area contributed by atoms with Crippen molar-refractivity contribution >= 4 is 29.1 Å². The molecule has 6 heteroatoms. The first-order valence-electron chi connectivity index (χ1n) is 9.20. The molecule has 0 spiro atoms. The predicted molar refractivity (Wildman–Crippen MR) is 116 cm³/mol. The number of amides is 1. The van der Waals surface area contributed by atoms with E-state index in [1.54, 1.807) is 12.1 Å². The Balaban J connectivity index is 1.74. The second kappa shape index (κ2) is 9.26. The van der Waals surface area contributed by atoms with Gasteiger partial charge in [0.2, 0.25) is 0 Å². The van der Waals surface area contributed by atoms with Gasteiger partial charge in [-0.25, -0.2) is 0 Å². The van der Waals surface area contributed by atoms with E-state index in [2.05, 4.69) is 16.7 Å². The maximum Gasteiger partial charge on any atom is 0.253 e. The van der Waals surface area contributed by atoms with Crippen LogP contribution in [-0.4, -0.2) is 17.4 Å². The minimum atomic E-state index is -0.376. The molecule has 5 nitrogen and oxygen atoms in total. The summed E-state index contributed by atoms with van der Waals surface area (Å²) in [4.78, 5) is 25.2. The highest BCUT2D eigenvalue weighted by atomic mass is 32.2. The number of Topliss-reactive ketones (excluding diaryl/α,β-unsaturated/α-hetero) is 1.